The summed E-state index contributed by atoms with van der Waals surface area (Å²) >= 11 is 6.16. The van der Waals surface area contributed by atoms with Crippen molar-refractivity contribution in [2.45, 2.75) is 19.5 Å². The van der Waals surface area contributed by atoms with Gasteiger partial charge in [0.2, 0.25) is 0 Å². The summed E-state index contributed by atoms with van der Waals surface area (Å²) in [5, 5.41) is 4.20. The second-order valence-electron chi connectivity index (χ2n) is 4.99. The summed E-state index contributed by atoms with van der Waals surface area (Å²) in [4.78, 5) is 0. The molecule has 1 aliphatic rings. The van der Waals surface area contributed by atoms with Crippen LogP contribution in [0.5, 0.6) is 11.5 Å². The standard InChI is InChI=1S/C17H18ClNO2/c18-15-7-2-1-5-13(15)11-19-12-14-6-3-8-16-17(14)21-10-4-9-20-16/h1-3,5-8,19H,4,9-12H2. The van der Waals surface area contributed by atoms with Crippen LogP contribution in [-0.2, 0) is 13.1 Å². The van der Waals surface area contributed by atoms with Gasteiger partial charge in [0.25, 0.3) is 0 Å². The van der Waals surface area contributed by atoms with Crippen LogP contribution in [0.25, 0.3) is 0 Å². The van der Waals surface area contributed by atoms with Crippen LogP contribution < -0.4 is 14.8 Å². The number of para-hydroxylation sites is 1. The van der Waals surface area contributed by atoms with E-state index in [-0.39, 0.29) is 0 Å². The third-order valence-electron chi connectivity index (χ3n) is 3.44. The van der Waals surface area contributed by atoms with E-state index < -0.39 is 0 Å². The number of halogens is 1. The van der Waals surface area contributed by atoms with E-state index in [2.05, 4.69) is 11.4 Å². The first-order valence-corrected chi connectivity index (χ1v) is 7.54. The molecule has 0 aromatic heterocycles. The largest absolute Gasteiger partial charge is 0.490 e. The van der Waals surface area contributed by atoms with Crippen molar-refractivity contribution in [3.05, 3.63) is 58.6 Å². The first-order chi connectivity index (χ1) is 10.3. The molecule has 0 saturated heterocycles. The SMILES string of the molecule is Clc1ccccc1CNCc1cccc2c1OCCCO2. The van der Waals surface area contributed by atoms with Gasteiger partial charge in [-0.1, -0.05) is 41.9 Å². The Hall–Kier alpha value is -1.71. The zero-order valence-corrected chi connectivity index (χ0v) is 12.5. The Kier molecular flexibility index (Phi) is 4.63. The van der Waals surface area contributed by atoms with Gasteiger partial charge in [0.1, 0.15) is 0 Å². The normalized spacial score (nSPS) is 13.8. The molecule has 3 rings (SSSR count). The highest BCUT2D eigenvalue weighted by Crippen LogP contribution is 2.33. The molecule has 1 aliphatic heterocycles. The molecule has 110 valence electrons. The topological polar surface area (TPSA) is 30.5 Å². The lowest BCUT2D eigenvalue weighted by atomic mass is 10.1. The Bertz CT molecular complexity index is 615. The number of benzene rings is 2. The van der Waals surface area contributed by atoms with E-state index in [1.165, 1.54) is 0 Å². The Morgan fingerprint density at radius 3 is 2.57 bits per heavy atom. The minimum absolute atomic E-state index is 0.703. The molecule has 0 saturated carbocycles. The van der Waals surface area contributed by atoms with E-state index in [0.29, 0.717) is 13.2 Å². The van der Waals surface area contributed by atoms with Crippen molar-refractivity contribution in [1.29, 1.82) is 0 Å². The molecule has 4 heteroatoms. The molecule has 0 unspecified atom stereocenters. The molecule has 21 heavy (non-hydrogen) atoms. The fourth-order valence-electron chi connectivity index (χ4n) is 2.37. The highest BCUT2D eigenvalue weighted by atomic mass is 35.5. The van der Waals surface area contributed by atoms with Crippen LogP contribution >= 0.6 is 11.6 Å². The van der Waals surface area contributed by atoms with Gasteiger partial charge in [0.15, 0.2) is 11.5 Å². The fraction of sp³-hybridized carbons (Fsp3) is 0.294. The summed E-state index contributed by atoms with van der Waals surface area (Å²) in [6, 6.07) is 13.9. The molecule has 0 amide bonds. The van der Waals surface area contributed by atoms with Crippen LogP contribution in [0.15, 0.2) is 42.5 Å². The van der Waals surface area contributed by atoms with E-state index in [1.54, 1.807) is 0 Å². The number of ether oxygens (including phenoxy) is 2. The molecule has 2 aromatic rings. The predicted octanol–water partition coefficient (Wildman–Crippen LogP) is 3.79. The maximum absolute atomic E-state index is 6.16. The van der Waals surface area contributed by atoms with Crippen molar-refractivity contribution in [2.24, 2.45) is 0 Å². The molecule has 0 atom stereocenters. The van der Waals surface area contributed by atoms with Crippen LogP contribution in [0.4, 0.5) is 0 Å². The van der Waals surface area contributed by atoms with Crippen LogP contribution in [0, 0.1) is 0 Å². The van der Waals surface area contributed by atoms with Crippen LogP contribution in [0.2, 0.25) is 5.02 Å². The maximum atomic E-state index is 6.16. The van der Waals surface area contributed by atoms with Gasteiger partial charge in [-0.2, -0.15) is 0 Å². The van der Waals surface area contributed by atoms with Crippen molar-refractivity contribution < 1.29 is 9.47 Å². The molecule has 0 radical (unpaired) electrons. The molecule has 1 N–H and O–H groups in total. The first-order valence-electron chi connectivity index (χ1n) is 7.16. The van der Waals surface area contributed by atoms with Crippen molar-refractivity contribution in [3.63, 3.8) is 0 Å². The van der Waals surface area contributed by atoms with Gasteiger partial charge in [-0.3, -0.25) is 0 Å². The van der Waals surface area contributed by atoms with Gasteiger partial charge >= 0.3 is 0 Å². The fourth-order valence-corrected chi connectivity index (χ4v) is 2.57. The molecule has 2 aromatic carbocycles. The monoisotopic (exact) mass is 303 g/mol. The molecular formula is C17H18ClNO2. The second-order valence-corrected chi connectivity index (χ2v) is 5.40. The number of hydrogen-bond donors (Lipinski definition) is 1. The third kappa shape index (κ3) is 3.49. The van der Waals surface area contributed by atoms with Gasteiger partial charge in [0.05, 0.1) is 13.2 Å². The minimum atomic E-state index is 0.703. The van der Waals surface area contributed by atoms with Crippen LogP contribution in [0.3, 0.4) is 0 Å². The van der Waals surface area contributed by atoms with Crippen molar-refractivity contribution >= 4 is 11.6 Å². The van der Waals surface area contributed by atoms with Gasteiger partial charge in [0, 0.05) is 30.1 Å². The summed E-state index contributed by atoms with van der Waals surface area (Å²) in [5.41, 5.74) is 2.21. The van der Waals surface area contributed by atoms with E-state index >= 15 is 0 Å². The molecule has 0 aliphatic carbocycles. The molecule has 0 bridgehead atoms. The van der Waals surface area contributed by atoms with Crippen molar-refractivity contribution in [1.82, 2.24) is 5.32 Å². The van der Waals surface area contributed by atoms with Gasteiger partial charge in [-0.25, -0.2) is 0 Å². The first kappa shape index (κ1) is 14.2. The third-order valence-corrected chi connectivity index (χ3v) is 3.81. The second kappa shape index (κ2) is 6.83. The Labute approximate surface area is 129 Å². The number of fused-ring (bicyclic) bond motifs is 1. The van der Waals surface area contributed by atoms with Gasteiger partial charge < -0.3 is 14.8 Å². The molecule has 1 heterocycles. The zero-order chi connectivity index (χ0) is 14.5. The van der Waals surface area contributed by atoms with Crippen molar-refractivity contribution in [2.75, 3.05) is 13.2 Å². The average molecular weight is 304 g/mol. The molecule has 0 spiro atoms. The van der Waals surface area contributed by atoms with Gasteiger partial charge in [-0.05, 0) is 17.7 Å². The van der Waals surface area contributed by atoms with E-state index in [0.717, 1.165) is 47.2 Å². The predicted molar refractivity (Wildman–Crippen MR) is 84.0 cm³/mol. The Balaban J connectivity index is 1.67. The quantitative estimate of drug-likeness (QED) is 0.932. The summed E-state index contributed by atoms with van der Waals surface area (Å²) in [7, 11) is 0. The lowest BCUT2D eigenvalue weighted by Gasteiger charge is -2.13. The minimum Gasteiger partial charge on any atom is -0.490 e. The molecular weight excluding hydrogens is 286 g/mol. The summed E-state index contributed by atoms with van der Waals surface area (Å²) in [6.07, 6.45) is 0.918. The van der Waals surface area contributed by atoms with E-state index in [9.17, 15) is 0 Å². The van der Waals surface area contributed by atoms with E-state index in [1.807, 2.05) is 36.4 Å². The van der Waals surface area contributed by atoms with E-state index in [4.69, 9.17) is 21.1 Å². The van der Waals surface area contributed by atoms with Gasteiger partial charge in [-0.15, -0.1) is 0 Å². The highest BCUT2D eigenvalue weighted by molar-refractivity contribution is 6.31. The Morgan fingerprint density at radius 2 is 1.67 bits per heavy atom. The smallest absolute Gasteiger partial charge is 0.165 e. The summed E-state index contributed by atoms with van der Waals surface area (Å²) in [5.74, 6) is 1.70. The Morgan fingerprint density at radius 1 is 0.905 bits per heavy atom. The average Bonchev–Trinajstić information content (AvgIpc) is 2.75. The number of rotatable bonds is 4. The number of nitrogens with one attached hydrogen (secondary N) is 1. The summed E-state index contributed by atoms with van der Waals surface area (Å²) < 4.78 is 11.5. The highest BCUT2D eigenvalue weighted by Gasteiger charge is 2.14. The lowest BCUT2D eigenvalue weighted by molar-refractivity contribution is 0.296. The maximum Gasteiger partial charge on any atom is 0.165 e. The van der Waals surface area contributed by atoms with Crippen LogP contribution in [-0.4, -0.2) is 13.2 Å². The lowest BCUT2D eigenvalue weighted by Crippen LogP contribution is -2.14. The van der Waals surface area contributed by atoms with Crippen LogP contribution in [0.1, 0.15) is 17.5 Å². The molecule has 0 fully saturated rings. The number of hydrogen-bond acceptors (Lipinski definition) is 3. The zero-order valence-electron chi connectivity index (χ0n) is 11.8. The molecule has 3 nitrogen and oxygen atoms in total. The van der Waals surface area contributed by atoms with Crippen molar-refractivity contribution in [3.8, 4) is 11.5 Å². The summed E-state index contributed by atoms with van der Waals surface area (Å²) in [6.45, 7) is 2.86.